The molecule has 0 aromatic rings. The van der Waals surface area contributed by atoms with E-state index in [1.807, 2.05) is 0 Å². The zero-order valence-electron chi connectivity index (χ0n) is 4.72. The van der Waals surface area contributed by atoms with Crippen LogP contribution in [0, 0.1) is 0 Å². The van der Waals surface area contributed by atoms with Gasteiger partial charge >= 0.3 is 0 Å². The van der Waals surface area contributed by atoms with Gasteiger partial charge in [-0.15, -0.1) is 0 Å². The standard InChI is InChI=1S/C3H6INO3S/c1-2-3(6)5-9(4,7)8/h2H2,1H3,(H,5,6). The third-order valence-corrected chi connectivity index (χ3v) is 1.69. The van der Waals surface area contributed by atoms with Crippen LogP contribution in [0.4, 0.5) is 0 Å². The summed E-state index contributed by atoms with van der Waals surface area (Å²) < 4.78 is 22.3. The molecule has 0 rings (SSSR count). The predicted octanol–water partition coefficient (Wildman–Crippen LogP) is 0.192. The molecule has 0 aliphatic rings. The van der Waals surface area contributed by atoms with Crippen LogP contribution in [0.1, 0.15) is 13.3 Å². The Labute approximate surface area is 65.7 Å². The summed E-state index contributed by atoms with van der Waals surface area (Å²) in [4.78, 5) is 10.3. The van der Waals surface area contributed by atoms with Gasteiger partial charge in [-0.3, -0.25) is 4.79 Å². The smallest absolute Gasteiger partial charge is 0.274 e. The van der Waals surface area contributed by atoms with Gasteiger partial charge in [-0.05, 0) is 0 Å². The molecule has 0 aromatic carbocycles. The number of hydrogen-bond donors (Lipinski definition) is 1. The SMILES string of the molecule is CCC(=O)NS(=O)(=O)I. The summed E-state index contributed by atoms with van der Waals surface area (Å²) in [6.07, 6.45) is 0.183. The van der Waals surface area contributed by atoms with Crippen molar-refractivity contribution in [1.29, 1.82) is 0 Å². The van der Waals surface area contributed by atoms with E-state index in [9.17, 15) is 13.2 Å². The van der Waals surface area contributed by atoms with E-state index in [0.717, 1.165) is 21.2 Å². The van der Waals surface area contributed by atoms with Gasteiger partial charge in [0.15, 0.2) is 0 Å². The van der Waals surface area contributed by atoms with E-state index in [1.165, 1.54) is 0 Å². The lowest BCUT2D eigenvalue weighted by Gasteiger charge is -1.94. The van der Waals surface area contributed by atoms with Crippen molar-refractivity contribution in [2.45, 2.75) is 13.3 Å². The van der Waals surface area contributed by atoms with Crippen molar-refractivity contribution < 1.29 is 13.2 Å². The van der Waals surface area contributed by atoms with Gasteiger partial charge in [0.25, 0.3) is 7.19 Å². The highest BCUT2D eigenvalue weighted by Gasteiger charge is 2.05. The molecule has 0 aliphatic carbocycles. The van der Waals surface area contributed by atoms with Crippen LogP contribution < -0.4 is 4.72 Å². The minimum atomic E-state index is -3.36. The number of hydrogen-bond acceptors (Lipinski definition) is 3. The molecular weight excluding hydrogens is 257 g/mol. The van der Waals surface area contributed by atoms with Crippen LogP contribution in [-0.2, 0) is 12.0 Å². The first kappa shape index (κ1) is 9.15. The van der Waals surface area contributed by atoms with Gasteiger partial charge in [-0.25, -0.2) is 4.72 Å². The fourth-order valence-electron chi connectivity index (χ4n) is 0.208. The van der Waals surface area contributed by atoms with Crippen molar-refractivity contribution in [3.8, 4) is 0 Å². The molecule has 54 valence electrons. The second-order valence-corrected chi connectivity index (χ2v) is 5.88. The van der Waals surface area contributed by atoms with E-state index >= 15 is 0 Å². The Morgan fingerprint density at radius 2 is 2.11 bits per heavy atom. The zero-order chi connectivity index (χ0) is 7.49. The van der Waals surface area contributed by atoms with Crippen molar-refractivity contribution in [2.75, 3.05) is 0 Å². The molecule has 6 heteroatoms. The molecule has 1 amide bonds. The van der Waals surface area contributed by atoms with Gasteiger partial charge in [-0.1, -0.05) is 6.92 Å². The van der Waals surface area contributed by atoms with Gasteiger partial charge in [0.2, 0.25) is 5.91 Å². The maximum absolute atomic E-state index is 10.3. The molecule has 0 bridgehead atoms. The van der Waals surface area contributed by atoms with Crippen LogP contribution in [0.3, 0.4) is 0 Å². The Morgan fingerprint density at radius 1 is 1.67 bits per heavy atom. The van der Waals surface area contributed by atoms with E-state index in [4.69, 9.17) is 0 Å². The third kappa shape index (κ3) is 6.03. The Balaban J connectivity index is 3.91. The predicted molar refractivity (Wildman–Crippen MR) is 41.4 cm³/mol. The van der Waals surface area contributed by atoms with Crippen LogP contribution in [0.25, 0.3) is 0 Å². The lowest BCUT2D eigenvalue weighted by atomic mass is 10.5. The van der Waals surface area contributed by atoms with Gasteiger partial charge < -0.3 is 0 Å². The lowest BCUT2D eigenvalue weighted by Crippen LogP contribution is -2.24. The van der Waals surface area contributed by atoms with E-state index < -0.39 is 13.1 Å². The Bertz CT molecular complexity index is 197. The van der Waals surface area contributed by atoms with E-state index in [0.29, 0.717) is 0 Å². The molecule has 0 aliphatic heterocycles. The first-order chi connectivity index (χ1) is 3.95. The largest absolute Gasteiger partial charge is 0.288 e. The van der Waals surface area contributed by atoms with Crippen molar-refractivity contribution in [2.24, 2.45) is 0 Å². The molecule has 0 unspecified atom stereocenters. The quantitative estimate of drug-likeness (QED) is 0.571. The van der Waals surface area contributed by atoms with E-state index in [1.54, 1.807) is 11.6 Å². The Kier molecular flexibility index (Phi) is 3.41. The monoisotopic (exact) mass is 263 g/mol. The highest BCUT2D eigenvalue weighted by Crippen LogP contribution is 1.94. The van der Waals surface area contributed by atoms with Crippen LogP contribution >= 0.6 is 21.2 Å². The van der Waals surface area contributed by atoms with Gasteiger partial charge in [0, 0.05) is 6.42 Å². The maximum Gasteiger partial charge on any atom is 0.288 e. The first-order valence-corrected chi connectivity index (χ1v) is 6.23. The third-order valence-electron chi connectivity index (χ3n) is 0.557. The summed E-state index contributed by atoms with van der Waals surface area (Å²) in [5, 5.41) is 0. The molecule has 0 radical (unpaired) electrons. The fourth-order valence-corrected chi connectivity index (χ4v) is 1.36. The molecule has 0 heterocycles. The van der Waals surface area contributed by atoms with Crippen molar-refractivity contribution in [3.05, 3.63) is 0 Å². The highest BCUT2D eigenvalue weighted by atomic mass is 127. The molecule has 0 spiro atoms. The summed E-state index contributed by atoms with van der Waals surface area (Å²) >= 11 is 1.16. The minimum absolute atomic E-state index is 0.183. The molecule has 1 N–H and O–H groups in total. The number of rotatable bonds is 2. The summed E-state index contributed by atoms with van der Waals surface area (Å²) in [6.45, 7) is 1.58. The van der Waals surface area contributed by atoms with Crippen LogP contribution in [0.2, 0.25) is 0 Å². The van der Waals surface area contributed by atoms with Crippen LogP contribution in [-0.4, -0.2) is 14.3 Å². The molecule has 4 nitrogen and oxygen atoms in total. The lowest BCUT2D eigenvalue weighted by molar-refractivity contribution is -0.118. The molecule has 0 saturated heterocycles. The number of nitrogens with one attached hydrogen (secondary N) is 1. The number of halogens is 1. The van der Waals surface area contributed by atoms with Crippen LogP contribution in [0.5, 0.6) is 0 Å². The summed E-state index contributed by atoms with van der Waals surface area (Å²) in [7, 11) is -3.36. The maximum atomic E-state index is 10.3. The molecule has 0 saturated carbocycles. The summed E-state index contributed by atoms with van der Waals surface area (Å²) in [6, 6.07) is 0. The highest BCUT2D eigenvalue weighted by molar-refractivity contribution is 14.2. The average Bonchev–Trinajstić information content (AvgIpc) is 1.62. The summed E-state index contributed by atoms with van der Waals surface area (Å²) in [5.41, 5.74) is 0. The minimum Gasteiger partial charge on any atom is -0.274 e. The topological polar surface area (TPSA) is 63.2 Å². The number of carbonyl (C=O) groups excluding carboxylic acids is 1. The summed E-state index contributed by atoms with van der Waals surface area (Å²) in [5.74, 6) is -0.482. The normalized spacial score (nSPS) is 10.9. The van der Waals surface area contributed by atoms with Gasteiger partial charge in [0.05, 0.1) is 21.2 Å². The molecular formula is C3H6INO3S. The molecule has 0 fully saturated rings. The molecule has 0 aromatic heterocycles. The number of amides is 1. The van der Waals surface area contributed by atoms with Crippen molar-refractivity contribution in [1.82, 2.24) is 4.72 Å². The van der Waals surface area contributed by atoms with E-state index in [-0.39, 0.29) is 6.42 Å². The second kappa shape index (κ2) is 3.35. The molecule has 0 atom stereocenters. The number of carbonyl (C=O) groups is 1. The van der Waals surface area contributed by atoms with E-state index in [2.05, 4.69) is 0 Å². The van der Waals surface area contributed by atoms with Crippen LogP contribution in [0.15, 0.2) is 0 Å². The first-order valence-electron chi connectivity index (χ1n) is 2.21. The Hall–Kier alpha value is 0.150. The van der Waals surface area contributed by atoms with Gasteiger partial charge in [0.1, 0.15) is 0 Å². The van der Waals surface area contributed by atoms with Crippen molar-refractivity contribution >= 4 is 34.3 Å². The average molecular weight is 263 g/mol. The molecule has 9 heavy (non-hydrogen) atoms. The zero-order valence-corrected chi connectivity index (χ0v) is 7.69. The second-order valence-electron chi connectivity index (χ2n) is 1.32. The fraction of sp³-hybridized carbons (Fsp3) is 0.667. The van der Waals surface area contributed by atoms with Crippen molar-refractivity contribution in [3.63, 3.8) is 0 Å². The Morgan fingerprint density at radius 3 is 2.22 bits per heavy atom. The van der Waals surface area contributed by atoms with Gasteiger partial charge in [-0.2, -0.15) is 8.42 Å².